The van der Waals surface area contributed by atoms with Crippen LogP contribution in [0.5, 0.6) is 0 Å². The quantitative estimate of drug-likeness (QED) is 0.358. The molecule has 0 unspecified atom stereocenters. The third kappa shape index (κ3) is 4.45. The van der Waals surface area contributed by atoms with E-state index in [1.165, 1.54) is 11.3 Å². The Labute approximate surface area is 183 Å². The summed E-state index contributed by atoms with van der Waals surface area (Å²) >= 11 is 6.33. The fraction of sp³-hybridized carbons (Fsp3) is 0. The molecule has 144 valence electrons. The molecule has 4 rings (SSSR count). The highest BCUT2D eigenvalue weighted by Gasteiger charge is 2.17. The fourth-order valence-corrected chi connectivity index (χ4v) is 4.59. The number of hydrogen-bond donors (Lipinski definition) is 2. The van der Waals surface area contributed by atoms with Crippen molar-refractivity contribution in [2.45, 2.75) is 0 Å². The first-order valence-corrected chi connectivity index (χ1v) is 11.1. The minimum atomic E-state index is -0.333. The molecule has 0 saturated carbocycles. The molecule has 2 aromatic heterocycles. The van der Waals surface area contributed by atoms with Crippen molar-refractivity contribution >= 4 is 61.2 Å². The Balaban J connectivity index is 1.53. The summed E-state index contributed by atoms with van der Waals surface area (Å²) in [6, 6.07) is 17.9. The van der Waals surface area contributed by atoms with E-state index in [2.05, 4.69) is 31.5 Å². The lowest BCUT2D eigenvalue weighted by Crippen LogP contribution is -2.18. The predicted octanol–water partition coefficient (Wildman–Crippen LogP) is 6.14. The number of rotatable bonds is 5. The van der Waals surface area contributed by atoms with Gasteiger partial charge in [-0.1, -0.05) is 30.3 Å². The lowest BCUT2D eigenvalue weighted by Gasteiger charge is -2.11. The zero-order chi connectivity index (χ0) is 20.2. The molecule has 0 aliphatic heterocycles. The topological polar surface area (TPSA) is 71.1 Å². The van der Waals surface area contributed by atoms with E-state index in [0.29, 0.717) is 26.4 Å². The summed E-state index contributed by atoms with van der Waals surface area (Å²) < 4.78 is 0.684. The van der Waals surface area contributed by atoms with Crippen LogP contribution in [0.15, 0.2) is 75.9 Å². The Kier molecular flexibility index (Phi) is 5.84. The molecule has 29 heavy (non-hydrogen) atoms. The van der Waals surface area contributed by atoms with Crippen LogP contribution in [0.2, 0.25) is 0 Å². The maximum atomic E-state index is 12.8. The standard InChI is InChI=1S/C21H14BrN3O2S2/c22-15-8-3-1-6-13(15)19(26)23-16-9-4-2-7-14(16)20(27)25-21-24-17(12-29-21)18-10-5-11-28-18/h1-12H,(H,23,26)(H,24,25,27). The second-order valence-electron chi connectivity index (χ2n) is 5.95. The number of carbonyl (C=O) groups is 2. The molecule has 4 aromatic rings. The van der Waals surface area contributed by atoms with E-state index in [4.69, 9.17) is 0 Å². The van der Waals surface area contributed by atoms with Crippen LogP contribution in [0.1, 0.15) is 20.7 Å². The smallest absolute Gasteiger partial charge is 0.259 e. The molecule has 0 atom stereocenters. The van der Waals surface area contributed by atoms with Gasteiger partial charge in [0.25, 0.3) is 11.8 Å². The lowest BCUT2D eigenvalue weighted by atomic mass is 10.1. The summed E-state index contributed by atoms with van der Waals surface area (Å²) in [4.78, 5) is 30.9. The van der Waals surface area contributed by atoms with Crippen molar-refractivity contribution in [2.24, 2.45) is 0 Å². The molecule has 0 bridgehead atoms. The number of thiophene rings is 1. The number of hydrogen-bond acceptors (Lipinski definition) is 5. The molecule has 0 spiro atoms. The van der Waals surface area contributed by atoms with Crippen LogP contribution in [0.25, 0.3) is 10.6 Å². The van der Waals surface area contributed by atoms with Crippen LogP contribution in [0.3, 0.4) is 0 Å². The van der Waals surface area contributed by atoms with Crippen molar-refractivity contribution in [3.05, 3.63) is 87.0 Å². The normalized spacial score (nSPS) is 10.5. The number of anilines is 2. The molecule has 0 aliphatic rings. The molecule has 2 aromatic carbocycles. The number of aromatic nitrogens is 1. The van der Waals surface area contributed by atoms with Gasteiger partial charge in [-0.25, -0.2) is 4.98 Å². The van der Waals surface area contributed by atoms with Crippen LogP contribution in [-0.2, 0) is 0 Å². The molecule has 2 amide bonds. The SMILES string of the molecule is O=C(Nc1ccccc1C(=O)Nc1nc(-c2cccs2)cs1)c1ccccc1Br. The number of thiazole rings is 1. The number of para-hydroxylation sites is 1. The van der Waals surface area contributed by atoms with Crippen molar-refractivity contribution in [3.8, 4) is 10.6 Å². The van der Waals surface area contributed by atoms with Crippen molar-refractivity contribution in [1.29, 1.82) is 0 Å². The first-order valence-electron chi connectivity index (χ1n) is 8.57. The number of nitrogens with one attached hydrogen (secondary N) is 2. The van der Waals surface area contributed by atoms with Crippen LogP contribution in [0.4, 0.5) is 10.8 Å². The van der Waals surface area contributed by atoms with Gasteiger partial charge in [-0.3, -0.25) is 14.9 Å². The van der Waals surface area contributed by atoms with E-state index >= 15 is 0 Å². The summed E-state index contributed by atoms with van der Waals surface area (Å²) in [5.74, 6) is -0.632. The molecule has 5 nitrogen and oxygen atoms in total. The summed E-state index contributed by atoms with van der Waals surface area (Å²) in [5.41, 5.74) is 2.11. The molecule has 2 heterocycles. The summed E-state index contributed by atoms with van der Waals surface area (Å²) in [6.07, 6.45) is 0. The second-order valence-corrected chi connectivity index (χ2v) is 8.61. The molecule has 0 fully saturated rings. The average molecular weight is 484 g/mol. The lowest BCUT2D eigenvalue weighted by molar-refractivity contribution is 0.102. The monoisotopic (exact) mass is 483 g/mol. The predicted molar refractivity (Wildman–Crippen MR) is 122 cm³/mol. The van der Waals surface area contributed by atoms with Gasteiger partial charge in [-0.2, -0.15) is 0 Å². The third-order valence-electron chi connectivity index (χ3n) is 4.04. The number of halogens is 1. The molecule has 0 radical (unpaired) electrons. The number of amides is 2. The van der Waals surface area contributed by atoms with Crippen molar-refractivity contribution in [3.63, 3.8) is 0 Å². The fourth-order valence-electron chi connectivity index (χ4n) is 2.66. The van der Waals surface area contributed by atoms with Crippen LogP contribution >= 0.6 is 38.6 Å². The summed E-state index contributed by atoms with van der Waals surface area (Å²) in [7, 11) is 0. The van der Waals surface area contributed by atoms with Gasteiger partial charge in [-0.05, 0) is 51.6 Å². The minimum absolute atomic E-state index is 0.299. The van der Waals surface area contributed by atoms with Gasteiger partial charge in [-0.15, -0.1) is 22.7 Å². The van der Waals surface area contributed by atoms with Gasteiger partial charge < -0.3 is 5.32 Å². The zero-order valence-corrected chi connectivity index (χ0v) is 18.1. The first-order chi connectivity index (χ1) is 14.1. The maximum Gasteiger partial charge on any atom is 0.259 e. The Morgan fingerprint density at radius 1 is 0.828 bits per heavy atom. The number of carbonyl (C=O) groups excluding carboxylic acids is 2. The van der Waals surface area contributed by atoms with E-state index in [0.717, 1.165) is 10.6 Å². The van der Waals surface area contributed by atoms with E-state index in [1.807, 2.05) is 29.0 Å². The Morgan fingerprint density at radius 2 is 1.55 bits per heavy atom. The average Bonchev–Trinajstić information content (AvgIpc) is 3.40. The number of benzene rings is 2. The number of nitrogens with zero attached hydrogens (tertiary/aromatic N) is 1. The Bertz CT molecular complexity index is 1170. The molecular formula is C21H14BrN3O2S2. The van der Waals surface area contributed by atoms with Gasteiger partial charge in [0.05, 0.1) is 27.4 Å². The van der Waals surface area contributed by atoms with Crippen LogP contribution < -0.4 is 10.6 Å². The third-order valence-corrected chi connectivity index (χ3v) is 6.38. The highest BCUT2D eigenvalue weighted by Crippen LogP contribution is 2.29. The molecule has 0 saturated heterocycles. The summed E-state index contributed by atoms with van der Waals surface area (Å²) in [6.45, 7) is 0. The van der Waals surface area contributed by atoms with Crippen molar-refractivity contribution in [1.82, 2.24) is 4.98 Å². The van der Waals surface area contributed by atoms with Crippen molar-refractivity contribution in [2.75, 3.05) is 10.6 Å². The molecule has 2 N–H and O–H groups in total. The minimum Gasteiger partial charge on any atom is -0.321 e. The highest BCUT2D eigenvalue weighted by atomic mass is 79.9. The Hall–Kier alpha value is -2.81. The highest BCUT2D eigenvalue weighted by molar-refractivity contribution is 9.10. The van der Waals surface area contributed by atoms with E-state index in [-0.39, 0.29) is 11.8 Å². The Morgan fingerprint density at radius 3 is 2.31 bits per heavy atom. The molecule has 8 heteroatoms. The molecule has 0 aliphatic carbocycles. The summed E-state index contributed by atoms with van der Waals surface area (Å²) in [5, 5.41) is 10.0. The molecular weight excluding hydrogens is 470 g/mol. The van der Waals surface area contributed by atoms with E-state index < -0.39 is 0 Å². The second kappa shape index (κ2) is 8.69. The van der Waals surface area contributed by atoms with Gasteiger partial charge >= 0.3 is 0 Å². The first kappa shape index (κ1) is 19.5. The zero-order valence-electron chi connectivity index (χ0n) is 14.9. The van der Waals surface area contributed by atoms with Crippen molar-refractivity contribution < 1.29 is 9.59 Å². The van der Waals surface area contributed by atoms with Gasteiger partial charge in [0.2, 0.25) is 0 Å². The van der Waals surface area contributed by atoms with Gasteiger partial charge in [0, 0.05) is 9.85 Å². The van der Waals surface area contributed by atoms with Crippen LogP contribution in [0, 0.1) is 0 Å². The van der Waals surface area contributed by atoms with E-state index in [9.17, 15) is 9.59 Å². The van der Waals surface area contributed by atoms with Gasteiger partial charge in [0.1, 0.15) is 0 Å². The van der Waals surface area contributed by atoms with Crippen LogP contribution in [-0.4, -0.2) is 16.8 Å². The van der Waals surface area contributed by atoms with E-state index in [1.54, 1.807) is 53.8 Å². The maximum absolute atomic E-state index is 12.8. The van der Waals surface area contributed by atoms with Gasteiger partial charge in [0.15, 0.2) is 5.13 Å². The largest absolute Gasteiger partial charge is 0.321 e.